The van der Waals surface area contributed by atoms with E-state index in [0.29, 0.717) is 41.7 Å². The summed E-state index contributed by atoms with van der Waals surface area (Å²) in [7, 11) is 1.92. The maximum absolute atomic E-state index is 12.4. The monoisotopic (exact) mass is 357 g/mol. The Morgan fingerprint density at radius 1 is 1.38 bits per heavy atom. The third-order valence-electron chi connectivity index (χ3n) is 6.92. The molecule has 5 atom stereocenters. The van der Waals surface area contributed by atoms with Gasteiger partial charge in [-0.3, -0.25) is 14.6 Å². The molecule has 1 aromatic heterocycles. The largest absolute Gasteiger partial charge is 0.346 e. The summed E-state index contributed by atoms with van der Waals surface area (Å²) in [5.74, 6) is 2.47. The molecule has 1 amide bonds. The molecule has 2 bridgehead atoms. The van der Waals surface area contributed by atoms with Crippen molar-refractivity contribution < 1.29 is 9.32 Å². The van der Waals surface area contributed by atoms with E-state index in [4.69, 9.17) is 4.52 Å². The summed E-state index contributed by atoms with van der Waals surface area (Å²) < 4.78 is 5.38. The van der Waals surface area contributed by atoms with Crippen LogP contribution in [0.2, 0.25) is 0 Å². The average Bonchev–Trinajstić information content (AvgIpc) is 3.00. The number of hydrogen-bond donors (Lipinski definition) is 0. The van der Waals surface area contributed by atoms with Crippen molar-refractivity contribution in [2.45, 2.75) is 45.2 Å². The zero-order valence-electron chi connectivity index (χ0n) is 15.8. The van der Waals surface area contributed by atoms with Crippen molar-refractivity contribution >= 4 is 11.9 Å². The summed E-state index contributed by atoms with van der Waals surface area (Å²) in [5.41, 5.74) is 1.48. The molecule has 3 fully saturated rings. The van der Waals surface area contributed by atoms with Gasteiger partial charge >= 0.3 is 6.01 Å². The van der Waals surface area contributed by atoms with Crippen LogP contribution in [0.4, 0.5) is 6.01 Å². The van der Waals surface area contributed by atoms with Crippen LogP contribution in [0, 0.1) is 24.7 Å². The summed E-state index contributed by atoms with van der Waals surface area (Å²) in [5, 5.41) is 3.93. The molecule has 0 N–H and O–H groups in total. The molecule has 140 valence electrons. The van der Waals surface area contributed by atoms with Crippen LogP contribution >= 0.6 is 0 Å². The fraction of sp³-hybridized carbons (Fsp3) is 0.737. The van der Waals surface area contributed by atoms with Gasteiger partial charge in [0.05, 0.1) is 0 Å². The van der Waals surface area contributed by atoms with Crippen LogP contribution in [-0.2, 0) is 4.79 Å². The Morgan fingerprint density at radius 2 is 2.15 bits per heavy atom. The normalized spacial score (nSPS) is 35.4. The van der Waals surface area contributed by atoms with Crippen molar-refractivity contribution in [3.05, 3.63) is 17.6 Å². The molecule has 3 unspecified atom stereocenters. The van der Waals surface area contributed by atoms with Gasteiger partial charge in [0.25, 0.3) is 0 Å². The zero-order chi connectivity index (χ0) is 18.0. The quantitative estimate of drug-likeness (QED) is 0.817. The molecule has 5 aliphatic rings. The van der Waals surface area contributed by atoms with E-state index in [-0.39, 0.29) is 5.92 Å². The van der Waals surface area contributed by atoms with Crippen LogP contribution in [0.25, 0.3) is 0 Å². The SMILES string of the molecule is CCN(C)C(=O)C1[C@H]2CN(C3CC4CCC3=CN4c3nc(C)no3)C[C@@H]12. The van der Waals surface area contributed by atoms with Gasteiger partial charge < -0.3 is 9.42 Å². The predicted octanol–water partition coefficient (Wildman–Crippen LogP) is 1.66. The molecule has 3 aliphatic heterocycles. The average molecular weight is 357 g/mol. The van der Waals surface area contributed by atoms with Crippen molar-refractivity contribution in [3.8, 4) is 0 Å². The molecular weight excluding hydrogens is 330 g/mol. The third-order valence-corrected chi connectivity index (χ3v) is 6.92. The minimum atomic E-state index is 0.281. The lowest BCUT2D eigenvalue weighted by Gasteiger charge is -2.46. The fourth-order valence-corrected chi connectivity index (χ4v) is 5.29. The zero-order valence-corrected chi connectivity index (χ0v) is 15.8. The Bertz CT molecular complexity index is 747. The van der Waals surface area contributed by atoms with E-state index < -0.39 is 0 Å². The summed E-state index contributed by atoms with van der Waals surface area (Å²) in [6, 6.07) is 1.60. The summed E-state index contributed by atoms with van der Waals surface area (Å²) in [6.07, 6.45) is 5.69. The van der Waals surface area contributed by atoms with E-state index in [1.807, 2.05) is 25.8 Å². The lowest BCUT2D eigenvalue weighted by molar-refractivity contribution is -0.132. The highest BCUT2D eigenvalue weighted by molar-refractivity contribution is 5.82. The van der Waals surface area contributed by atoms with Crippen molar-refractivity contribution in [3.63, 3.8) is 0 Å². The van der Waals surface area contributed by atoms with Crippen molar-refractivity contribution in [1.29, 1.82) is 0 Å². The van der Waals surface area contributed by atoms with Gasteiger partial charge in [0, 0.05) is 50.9 Å². The Hall–Kier alpha value is -1.89. The Labute approximate surface area is 154 Å². The van der Waals surface area contributed by atoms with Crippen LogP contribution in [0.5, 0.6) is 0 Å². The minimum absolute atomic E-state index is 0.281. The Balaban J connectivity index is 1.26. The molecule has 0 radical (unpaired) electrons. The van der Waals surface area contributed by atoms with Crippen LogP contribution in [-0.4, -0.2) is 64.6 Å². The molecule has 7 heteroatoms. The highest BCUT2D eigenvalue weighted by atomic mass is 16.5. The number of fused-ring (bicyclic) bond motifs is 4. The van der Waals surface area contributed by atoms with E-state index in [1.54, 1.807) is 0 Å². The van der Waals surface area contributed by atoms with Gasteiger partial charge in [-0.25, -0.2) is 0 Å². The predicted molar refractivity (Wildman–Crippen MR) is 96.4 cm³/mol. The molecule has 1 aromatic rings. The highest BCUT2D eigenvalue weighted by Crippen LogP contribution is 2.54. The first kappa shape index (κ1) is 16.3. The van der Waals surface area contributed by atoms with Gasteiger partial charge in [0.15, 0.2) is 5.82 Å². The topological polar surface area (TPSA) is 65.7 Å². The number of rotatable bonds is 4. The fourth-order valence-electron chi connectivity index (χ4n) is 5.29. The standard InChI is InChI=1S/C19H27N5O2/c1-4-22(3)18(25)17-14-9-23(10-15(14)17)16-7-13-6-5-12(16)8-24(13)19-20-11(2)21-26-19/h8,13-17H,4-7,9-10H2,1-3H3/t13?,14-,15+,16?,17?. The third kappa shape index (κ3) is 2.40. The number of amides is 1. The van der Waals surface area contributed by atoms with Crippen LogP contribution < -0.4 is 4.90 Å². The number of nitrogens with zero attached hydrogens (tertiary/aromatic N) is 5. The van der Waals surface area contributed by atoms with Gasteiger partial charge in [-0.1, -0.05) is 5.16 Å². The smallest absolute Gasteiger partial charge is 0.328 e. The van der Waals surface area contributed by atoms with Crippen LogP contribution in [0.1, 0.15) is 32.0 Å². The molecule has 2 saturated carbocycles. The number of likely N-dealkylation sites (tertiary alicyclic amines) is 1. The lowest BCUT2D eigenvalue weighted by Crippen LogP contribution is -2.50. The summed E-state index contributed by atoms with van der Waals surface area (Å²) >= 11 is 0. The number of hydrogen-bond acceptors (Lipinski definition) is 6. The van der Waals surface area contributed by atoms with Crippen molar-refractivity contribution in [2.75, 3.05) is 31.6 Å². The van der Waals surface area contributed by atoms with Crippen LogP contribution in [0.3, 0.4) is 0 Å². The molecule has 0 aromatic carbocycles. The first-order valence-corrected chi connectivity index (χ1v) is 9.85. The number of anilines is 1. The number of piperidine rings is 1. The lowest BCUT2D eigenvalue weighted by atomic mass is 9.81. The van der Waals surface area contributed by atoms with Crippen molar-refractivity contribution in [2.24, 2.45) is 17.8 Å². The number of carbonyl (C=O) groups is 1. The summed E-state index contributed by atoms with van der Waals surface area (Å²) in [4.78, 5) is 23.5. The molecule has 4 heterocycles. The highest BCUT2D eigenvalue weighted by Gasteiger charge is 2.61. The Kier molecular flexibility index (Phi) is 3.64. The maximum Gasteiger partial charge on any atom is 0.328 e. The van der Waals surface area contributed by atoms with Crippen molar-refractivity contribution in [1.82, 2.24) is 19.9 Å². The molecular formula is C19H27N5O2. The molecule has 1 saturated heterocycles. The second-order valence-electron chi connectivity index (χ2n) is 8.34. The number of carbonyl (C=O) groups excluding carboxylic acids is 1. The van der Waals surface area contributed by atoms with Gasteiger partial charge in [-0.15, -0.1) is 0 Å². The molecule has 2 aliphatic carbocycles. The van der Waals surface area contributed by atoms with E-state index in [0.717, 1.165) is 38.9 Å². The second kappa shape index (κ2) is 5.81. The van der Waals surface area contributed by atoms with Gasteiger partial charge in [-0.2, -0.15) is 4.98 Å². The maximum atomic E-state index is 12.4. The van der Waals surface area contributed by atoms with Gasteiger partial charge in [-0.05, 0) is 50.5 Å². The first-order valence-electron chi connectivity index (χ1n) is 9.85. The van der Waals surface area contributed by atoms with Gasteiger partial charge in [0.2, 0.25) is 5.91 Å². The first-order chi connectivity index (χ1) is 12.6. The van der Waals surface area contributed by atoms with E-state index >= 15 is 0 Å². The van der Waals surface area contributed by atoms with Crippen LogP contribution in [0.15, 0.2) is 16.3 Å². The second-order valence-corrected chi connectivity index (χ2v) is 8.34. The number of aryl methyl sites for hydroxylation is 1. The molecule has 7 nitrogen and oxygen atoms in total. The molecule has 6 rings (SSSR count). The van der Waals surface area contributed by atoms with E-state index in [9.17, 15) is 4.79 Å². The summed E-state index contributed by atoms with van der Waals surface area (Å²) in [6.45, 7) is 6.86. The molecule has 0 spiro atoms. The number of aromatic nitrogens is 2. The van der Waals surface area contributed by atoms with E-state index in [1.165, 1.54) is 5.57 Å². The van der Waals surface area contributed by atoms with E-state index in [2.05, 4.69) is 26.1 Å². The molecule has 26 heavy (non-hydrogen) atoms. The van der Waals surface area contributed by atoms with Gasteiger partial charge in [0.1, 0.15) is 0 Å². The minimum Gasteiger partial charge on any atom is -0.346 e. The Morgan fingerprint density at radius 3 is 2.73 bits per heavy atom.